The first-order valence-corrected chi connectivity index (χ1v) is 8.94. The van der Waals surface area contributed by atoms with Crippen molar-refractivity contribution in [3.8, 4) is 5.75 Å². The van der Waals surface area contributed by atoms with Crippen molar-refractivity contribution in [2.24, 2.45) is 20.7 Å². The van der Waals surface area contributed by atoms with Gasteiger partial charge < -0.3 is 29.7 Å². The Morgan fingerprint density at radius 2 is 2.07 bits per heavy atom. The summed E-state index contributed by atoms with van der Waals surface area (Å²) in [4.78, 5) is 27.2. The first kappa shape index (κ1) is 19.6. The molecule has 3 aliphatic heterocycles. The van der Waals surface area contributed by atoms with Crippen molar-refractivity contribution in [3.05, 3.63) is 29.8 Å². The Labute approximate surface area is 165 Å². The molecule has 5 N–H and O–H groups in total. The average molecular weight is 403 g/mol. The van der Waals surface area contributed by atoms with Crippen molar-refractivity contribution in [3.63, 3.8) is 0 Å². The van der Waals surface area contributed by atoms with Crippen LogP contribution in [-0.2, 0) is 4.74 Å². The fourth-order valence-corrected chi connectivity index (χ4v) is 3.55. The summed E-state index contributed by atoms with van der Waals surface area (Å²) in [6, 6.07) is 6.44. The van der Waals surface area contributed by atoms with E-state index in [1.807, 2.05) is 0 Å². The molecule has 0 aromatic heterocycles. The number of fused-ring (bicyclic) bond motifs is 1. The van der Waals surface area contributed by atoms with Crippen molar-refractivity contribution in [1.29, 1.82) is 0 Å². The number of ether oxygens (including phenoxy) is 2. The third kappa shape index (κ3) is 3.03. The molecule has 3 aliphatic rings. The van der Waals surface area contributed by atoms with Crippen LogP contribution in [-0.4, -0.2) is 94.5 Å². The van der Waals surface area contributed by atoms with Gasteiger partial charge in [0.2, 0.25) is 11.4 Å². The summed E-state index contributed by atoms with van der Waals surface area (Å²) in [7, 11) is 1.52. The topological polar surface area (TPSA) is 163 Å². The number of aliphatic hydroxyl groups is 3. The Morgan fingerprint density at radius 1 is 1.34 bits per heavy atom. The molecule has 0 amide bonds. The lowest BCUT2D eigenvalue weighted by Crippen LogP contribution is -2.59. The van der Waals surface area contributed by atoms with E-state index in [0.29, 0.717) is 11.3 Å². The first-order valence-electron chi connectivity index (χ1n) is 8.94. The normalized spacial score (nSPS) is 33.3. The number of ketones is 1. The molecule has 0 aliphatic carbocycles. The highest BCUT2D eigenvalue weighted by atomic mass is 16.6. The zero-order valence-electron chi connectivity index (χ0n) is 15.5. The summed E-state index contributed by atoms with van der Waals surface area (Å²) in [6.07, 6.45) is -3.35. The number of carbonyl (C=O) groups is 1. The van der Waals surface area contributed by atoms with Crippen LogP contribution in [0.4, 0.5) is 0 Å². The Morgan fingerprint density at radius 3 is 2.69 bits per heavy atom. The molecule has 4 rings (SSSR count). The van der Waals surface area contributed by atoms with Crippen LogP contribution < -0.4 is 10.5 Å². The molecule has 1 aromatic carbocycles. The molecule has 0 radical (unpaired) electrons. The van der Waals surface area contributed by atoms with Crippen molar-refractivity contribution >= 4 is 23.7 Å². The molecule has 3 heterocycles. The van der Waals surface area contributed by atoms with Gasteiger partial charge in [-0.25, -0.2) is 9.98 Å². The summed E-state index contributed by atoms with van der Waals surface area (Å²) in [5.41, 5.74) is 5.02. The highest BCUT2D eigenvalue weighted by molar-refractivity contribution is 6.52. The van der Waals surface area contributed by atoms with Crippen LogP contribution in [0.15, 0.2) is 39.2 Å². The maximum Gasteiger partial charge on any atom is 0.219 e. The van der Waals surface area contributed by atoms with E-state index in [1.165, 1.54) is 12.0 Å². The van der Waals surface area contributed by atoms with Crippen molar-refractivity contribution in [1.82, 2.24) is 4.90 Å². The van der Waals surface area contributed by atoms with Crippen molar-refractivity contribution in [2.75, 3.05) is 20.4 Å². The minimum atomic E-state index is -1.79. The SMILES string of the molecule is COc1ccc(C(=O)C2(N)N=CN=C3C2=NCN3[C@@H]2O[C@H](CO)[C@@H](O)[C@H]2O)cc1. The Hall–Kier alpha value is -2.70. The van der Waals surface area contributed by atoms with Gasteiger partial charge in [0.05, 0.1) is 13.7 Å². The number of carbonyl (C=O) groups excluding carboxylic acids is 1. The standard InChI is InChI=1S/C18H21N5O6/c1-28-10-4-2-9(3-5-10)15(27)18(19)14-16(20-7-22-18)23(8-21-14)17-13(26)12(25)11(6-24)29-17/h2-5,7,11-13,17,24-26H,6,8,19H2,1H3/t11-,12-,13-,17-,18?/m1/s1. The second kappa shape index (κ2) is 7.28. The van der Waals surface area contributed by atoms with E-state index in [1.54, 1.807) is 24.3 Å². The quantitative estimate of drug-likeness (QED) is 0.415. The number of amidine groups is 1. The Balaban J connectivity index is 1.60. The van der Waals surface area contributed by atoms with Crippen LogP contribution in [0.2, 0.25) is 0 Å². The molecule has 154 valence electrons. The molecule has 29 heavy (non-hydrogen) atoms. The van der Waals surface area contributed by atoms with E-state index in [-0.39, 0.29) is 18.2 Å². The zero-order chi connectivity index (χ0) is 20.8. The number of methoxy groups -OCH3 is 1. The van der Waals surface area contributed by atoms with E-state index >= 15 is 0 Å². The predicted octanol–water partition coefficient (Wildman–Crippen LogP) is -1.87. The van der Waals surface area contributed by atoms with Gasteiger partial charge in [-0.05, 0) is 24.3 Å². The van der Waals surface area contributed by atoms with Gasteiger partial charge in [-0.1, -0.05) is 0 Å². The molecule has 5 atom stereocenters. The van der Waals surface area contributed by atoms with Crippen LogP contribution in [0.3, 0.4) is 0 Å². The molecule has 1 fully saturated rings. The molecule has 1 unspecified atom stereocenters. The molecule has 1 aromatic rings. The van der Waals surface area contributed by atoms with Gasteiger partial charge in [0.15, 0.2) is 12.1 Å². The molecule has 11 nitrogen and oxygen atoms in total. The largest absolute Gasteiger partial charge is 0.497 e. The number of hydrogen-bond acceptors (Lipinski definition) is 11. The van der Waals surface area contributed by atoms with Gasteiger partial charge in [-0.2, -0.15) is 0 Å². The second-order valence-electron chi connectivity index (χ2n) is 6.87. The maximum atomic E-state index is 13.1. The lowest BCUT2D eigenvalue weighted by molar-refractivity contribution is -0.0688. The van der Waals surface area contributed by atoms with Gasteiger partial charge >= 0.3 is 0 Å². The smallest absolute Gasteiger partial charge is 0.219 e. The molecular formula is C18H21N5O6. The molecule has 0 saturated carbocycles. The van der Waals surface area contributed by atoms with Crippen LogP contribution in [0.1, 0.15) is 10.4 Å². The molecular weight excluding hydrogens is 382 g/mol. The number of nitrogens with two attached hydrogens (primary N) is 1. The van der Waals surface area contributed by atoms with Crippen LogP contribution in [0.5, 0.6) is 5.75 Å². The number of aliphatic imine (C=N–C) groups is 3. The van der Waals surface area contributed by atoms with E-state index in [4.69, 9.17) is 15.2 Å². The minimum absolute atomic E-state index is 0.00103. The third-order valence-electron chi connectivity index (χ3n) is 5.19. The summed E-state index contributed by atoms with van der Waals surface area (Å²) < 4.78 is 10.6. The monoisotopic (exact) mass is 403 g/mol. The fraction of sp³-hybridized carbons (Fsp3) is 0.444. The van der Waals surface area contributed by atoms with Gasteiger partial charge in [0.1, 0.15) is 42.8 Å². The number of hydrogen-bond donors (Lipinski definition) is 4. The molecule has 0 spiro atoms. The van der Waals surface area contributed by atoms with E-state index in [9.17, 15) is 20.1 Å². The summed E-state index contributed by atoms with van der Waals surface area (Å²) >= 11 is 0. The highest BCUT2D eigenvalue weighted by Gasteiger charge is 2.52. The van der Waals surface area contributed by atoms with Gasteiger partial charge in [0.25, 0.3) is 0 Å². The van der Waals surface area contributed by atoms with E-state index in [2.05, 4.69) is 15.0 Å². The summed E-state index contributed by atoms with van der Waals surface area (Å²) in [6.45, 7) is -0.458. The van der Waals surface area contributed by atoms with Crippen LogP contribution >= 0.6 is 0 Å². The number of nitrogens with zero attached hydrogens (tertiary/aromatic N) is 4. The minimum Gasteiger partial charge on any atom is -0.497 e. The highest BCUT2D eigenvalue weighted by Crippen LogP contribution is 2.30. The average Bonchev–Trinajstić information content (AvgIpc) is 3.30. The Bertz CT molecular complexity index is 901. The third-order valence-corrected chi connectivity index (χ3v) is 5.19. The van der Waals surface area contributed by atoms with E-state index in [0.717, 1.165) is 6.34 Å². The Kier molecular flexibility index (Phi) is 4.92. The first-order chi connectivity index (χ1) is 13.9. The van der Waals surface area contributed by atoms with E-state index < -0.39 is 42.6 Å². The number of Topliss-reactive ketones (excluding diaryl/α,β-unsaturated/α-hetero) is 1. The van der Waals surface area contributed by atoms with Crippen LogP contribution in [0, 0.1) is 0 Å². The number of aliphatic hydroxyl groups excluding tert-OH is 3. The number of rotatable bonds is 5. The second-order valence-corrected chi connectivity index (χ2v) is 6.87. The molecule has 11 heteroatoms. The van der Waals surface area contributed by atoms with Gasteiger partial charge in [-0.3, -0.25) is 15.5 Å². The van der Waals surface area contributed by atoms with Gasteiger partial charge in [-0.15, -0.1) is 0 Å². The summed E-state index contributed by atoms with van der Waals surface area (Å²) in [5.74, 6) is 0.334. The fourth-order valence-electron chi connectivity index (χ4n) is 3.55. The predicted molar refractivity (Wildman–Crippen MR) is 102 cm³/mol. The lowest BCUT2D eigenvalue weighted by atomic mass is 9.92. The number of benzene rings is 1. The van der Waals surface area contributed by atoms with Crippen LogP contribution in [0.25, 0.3) is 0 Å². The molecule has 0 bridgehead atoms. The molecule has 1 saturated heterocycles. The maximum absolute atomic E-state index is 13.1. The zero-order valence-corrected chi connectivity index (χ0v) is 15.5. The van der Waals surface area contributed by atoms with Gasteiger partial charge in [0, 0.05) is 5.56 Å². The summed E-state index contributed by atoms with van der Waals surface area (Å²) in [5, 5.41) is 29.6. The van der Waals surface area contributed by atoms with Crippen molar-refractivity contribution < 1.29 is 29.6 Å². The lowest BCUT2D eigenvalue weighted by Gasteiger charge is -2.31. The van der Waals surface area contributed by atoms with Crippen molar-refractivity contribution in [2.45, 2.75) is 30.2 Å².